The standard InChI is InChI=1S/C15H21BrN6O2/c1-9(17)10-4-3-5-21(6-10)11(23)7-22-8-18-14-12(15(22)24)13(16)19-20(14)2/h8-10H,3-7,17H2,1-2H3/t9-,10-/m1/s1. The van der Waals surface area contributed by atoms with Crippen LogP contribution < -0.4 is 11.3 Å². The minimum atomic E-state index is -0.269. The van der Waals surface area contributed by atoms with Crippen LogP contribution in [0.15, 0.2) is 15.7 Å². The third-order valence-corrected chi connectivity index (χ3v) is 5.18. The normalized spacial score (nSPS) is 19.7. The molecule has 1 aliphatic rings. The lowest BCUT2D eigenvalue weighted by molar-refractivity contribution is -0.133. The van der Waals surface area contributed by atoms with Gasteiger partial charge in [-0.25, -0.2) is 9.67 Å². The Morgan fingerprint density at radius 1 is 1.54 bits per heavy atom. The number of rotatable bonds is 3. The fourth-order valence-corrected chi connectivity index (χ4v) is 3.74. The third-order valence-electron chi connectivity index (χ3n) is 4.63. The van der Waals surface area contributed by atoms with Crippen LogP contribution in [0.2, 0.25) is 0 Å². The molecule has 130 valence electrons. The van der Waals surface area contributed by atoms with E-state index in [1.807, 2.05) is 6.92 Å². The van der Waals surface area contributed by atoms with Crippen LogP contribution in [0.5, 0.6) is 0 Å². The molecule has 1 saturated heterocycles. The lowest BCUT2D eigenvalue weighted by atomic mass is 9.92. The van der Waals surface area contributed by atoms with Crippen LogP contribution in [-0.2, 0) is 18.4 Å². The van der Waals surface area contributed by atoms with Crippen molar-refractivity contribution in [3.63, 3.8) is 0 Å². The molecule has 2 N–H and O–H groups in total. The van der Waals surface area contributed by atoms with E-state index in [2.05, 4.69) is 26.0 Å². The summed E-state index contributed by atoms with van der Waals surface area (Å²) in [6.07, 6.45) is 3.39. The monoisotopic (exact) mass is 396 g/mol. The van der Waals surface area contributed by atoms with Gasteiger partial charge in [0, 0.05) is 26.2 Å². The van der Waals surface area contributed by atoms with Gasteiger partial charge in [0.25, 0.3) is 5.56 Å². The predicted molar refractivity (Wildman–Crippen MR) is 93.4 cm³/mol. The molecule has 3 rings (SSSR count). The van der Waals surface area contributed by atoms with E-state index in [4.69, 9.17) is 5.73 Å². The molecule has 0 radical (unpaired) electrons. The number of carbonyl (C=O) groups is 1. The van der Waals surface area contributed by atoms with Gasteiger partial charge in [-0.1, -0.05) is 0 Å². The second-order valence-electron chi connectivity index (χ2n) is 6.39. The Hall–Kier alpha value is -1.74. The zero-order valence-electron chi connectivity index (χ0n) is 13.8. The summed E-state index contributed by atoms with van der Waals surface area (Å²) < 4.78 is 3.31. The van der Waals surface area contributed by atoms with Crippen LogP contribution in [0, 0.1) is 5.92 Å². The lowest BCUT2D eigenvalue weighted by Gasteiger charge is -2.34. The number of nitrogens with two attached hydrogens (primary N) is 1. The maximum atomic E-state index is 12.6. The Morgan fingerprint density at radius 3 is 3.00 bits per heavy atom. The van der Waals surface area contributed by atoms with Gasteiger partial charge in [-0.05, 0) is 41.6 Å². The highest BCUT2D eigenvalue weighted by atomic mass is 79.9. The summed E-state index contributed by atoms with van der Waals surface area (Å²) in [5.41, 5.74) is 6.19. The van der Waals surface area contributed by atoms with Gasteiger partial charge in [-0.15, -0.1) is 0 Å². The molecule has 1 amide bonds. The number of likely N-dealkylation sites (tertiary alicyclic amines) is 1. The number of halogens is 1. The van der Waals surface area contributed by atoms with Gasteiger partial charge in [0.2, 0.25) is 5.91 Å². The number of amides is 1. The number of fused-ring (bicyclic) bond motifs is 1. The molecule has 0 spiro atoms. The number of aryl methyl sites for hydroxylation is 1. The molecule has 1 fully saturated rings. The number of piperidine rings is 1. The molecule has 0 unspecified atom stereocenters. The zero-order chi connectivity index (χ0) is 17.4. The second-order valence-corrected chi connectivity index (χ2v) is 7.14. The van der Waals surface area contributed by atoms with Crippen molar-refractivity contribution in [1.82, 2.24) is 24.2 Å². The van der Waals surface area contributed by atoms with Gasteiger partial charge in [0.1, 0.15) is 22.9 Å². The fraction of sp³-hybridized carbons (Fsp3) is 0.600. The number of hydrogen-bond donors (Lipinski definition) is 1. The zero-order valence-corrected chi connectivity index (χ0v) is 15.4. The number of aromatic nitrogens is 4. The van der Waals surface area contributed by atoms with Gasteiger partial charge in [-0.2, -0.15) is 5.10 Å². The van der Waals surface area contributed by atoms with Crippen LogP contribution in [0.3, 0.4) is 0 Å². The molecule has 0 aliphatic carbocycles. The van der Waals surface area contributed by atoms with Crippen molar-refractivity contribution in [1.29, 1.82) is 0 Å². The first kappa shape index (κ1) is 17.1. The molecule has 0 saturated carbocycles. The van der Waals surface area contributed by atoms with Crippen molar-refractivity contribution in [2.75, 3.05) is 13.1 Å². The summed E-state index contributed by atoms with van der Waals surface area (Å²) in [5, 5.41) is 4.53. The first-order valence-corrected chi connectivity index (χ1v) is 8.78. The van der Waals surface area contributed by atoms with Crippen molar-refractivity contribution < 1.29 is 4.79 Å². The van der Waals surface area contributed by atoms with E-state index in [1.165, 1.54) is 15.6 Å². The van der Waals surface area contributed by atoms with Crippen molar-refractivity contribution in [2.24, 2.45) is 18.7 Å². The molecule has 8 nitrogen and oxygen atoms in total. The van der Waals surface area contributed by atoms with Gasteiger partial charge in [-0.3, -0.25) is 14.2 Å². The predicted octanol–water partition coefficient (Wildman–Crippen LogP) is 0.478. The molecule has 0 aromatic carbocycles. The van der Waals surface area contributed by atoms with Crippen molar-refractivity contribution >= 4 is 32.9 Å². The molecule has 2 atom stereocenters. The molecule has 0 bridgehead atoms. The Kier molecular flexibility index (Phi) is 4.73. The summed E-state index contributed by atoms with van der Waals surface area (Å²) in [6, 6.07) is 0.0627. The van der Waals surface area contributed by atoms with Gasteiger partial charge >= 0.3 is 0 Å². The number of nitrogens with zero attached hydrogens (tertiary/aromatic N) is 5. The van der Waals surface area contributed by atoms with Crippen LogP contribution in [0.1, 0.15) is 19.8 Å². The van der Waals surface area contributed by atoms with E-state index in [0.29, 0.717) is 34.6 Å². The smallest absolute Gasteiger partial charge is 0.266 e. The van der Waals surface area contributed by atoms with E-state index in [9.17, 15) is 9.59 Å². The minimum Gasteiger partial charge on any atom is -0.341 e. The van der Waals surface area contributed by atoms with Gasteiger partial charge < -0.3 is 10.6 Å². The Balaban J connectivity index is 1.82. The highest BCUT2D eigenvalue weighted by Gasteiger charge is 2.26. The number of hydrogen-bond acceptors (Lipinski definition) is 5. The van der Waals surface area contributed by atoms with E-state index < -0.39 is 0 Å². The number of carbonyl (C=O) groups excluding carboxylic acids is 1. The summed E-state index contributed by atoms with van der Waals surface area (Å²) >= 11 is 3.27. The molecular weight excluding hydrogens is 376 g/mol. The SMILES string of the molecule is C[C@@H](N)[C@@H]1CCCN(C(=O)Cn2cnc3c(c(Br)nn3C)c2=O)C1. The molecule has 1 aliphatic heterocycles. The molecule has 24 heavy (non-hydrogen) atoms. The lowest BCUT2D eigenvalue weighted by Crippen LogP contribution is -2.46. The summed E-state index contributed by atoms with van der Waals surface area (Å²) in [5.74, 6) is 0.233. The average molecular weight is 397 g/mol. The highest BCUT2D eigenvalue weighted by Crippen LogP contribution is 2.19. The van der Waals surface area contributed by atoms with E-state index >= 15 is 0 Å². The summed E-state index contributed by atoms with van der Waals surface area (Å²) in [6.45, 7) is 3.32. The van der Waals surface area contributed by atoms with Crippen LogP contribution in [0.25, 0.3) is 11.0 Å². The first-order chi connectivity index (χ1) is 11.4. The van der Waals surface area contributed by atoms with Crippen molar-refractivity contribution in [3.8, 4) is 0 Å². The minimum absolute atomic E-state index is 0.0191. The molecule has 2 aromatic rings. The summed E-state index contributed by atoms with van der Waals surface area (Å²) in [7, 11) is 1.72. The Bertz CT molecular complexity index is 827. The van der Waals surface area contributed by atoms with Crippen LogP contribution in [0.4, 0.5) is 0 Å². The van der Waals surface area contributed by atoms with Crippen molar-refractivity contribution in [2.45, 2.75) is 32.4 Å². The average Bonchev–Trinajstić information content (AvgIpc) is 2.85. The second kappa shape index (κ2) is 6.64. The summed E-state index contributed by atoms with van der Waals surface area (Å²) in [4.78, 5) is 31.2. The first-order valence-electron chi connectivity index (χ1n) is 7.99. The Labute approximate surface area is 147 Å². The molecule has 2 aromatic heterocycles. The van der Waals surface area contributed by atoms with E-state index in [-0.39, 0.29) is 24.1 Å². The topological polar surface area (TPSA) is 99.0 Å². The molecular formula is C15H21BrN6O2. The fourth-order valence-electron chi connectivity index (χ4n) is 3.16. The van der Waals surface area contributed by atoms with Crippen LogP contribution >= 0.6 is 15.9 Å². The Morgan fingerprint density at radius 2 is 2.29 bits per heavy atom. The maximum Gasteiger partial charge on any atom is 0.266 e. The van der Waals surface area contributed by atoms with Gasteiger partial charge in [0.05, 0.1) is 0 Å². The van der Waals surface area contributed by atoms with E-state index in [0.717, 1.165) is 12.8 Å². The quantitative estimate of drug-likeness (QED) is 0.812. The van der Waals surface area contributed by atoms with E-state index in [1.54, 1.807) is 11.9 Å². The van der Waals surface area contributed by atoms with Gasteiger partial charge in [0.15, 0.2) is 5.65 Å². The largest absolute Gasteiger partial charge is 0.341 e. The van der Waals surface area contributed by atoms with Crippen molar-refractivity contribution in [3.05, 3.63) is 21.3 Å². The highest BCUT2D eigenvalue weighted by molar-refractivity contribution is 9.10. The third kappa shape index (κ3) is 3.10. The van der Waals surface area contributed by atoms with Crippen LogP contribution in [-0.4, -0.2) is 49.3 Å². The maximum absolute atomic E-state index is 12.6. The molecule has 3 heterocycles. The molecule has 9 heteroatoms.